The molecular formula is C55H54O9. The highest BCUT2D eigenvalue weighted by Crippen LogP contribution is 2.39. The molecule has 2 N–H and O–H groups in total. The zero-order chi connectivity index (χ0) is 45.2. The molecule has 0 heterocycles. The van der Waals surface area contributed by atoms with Crippen LogP contribution in [0.2, 0.25) is 0 Å². The van der Waals surface area contributed by atoms with E-state index in [4.69, 9.17) is 33.9 Å². The smallest absolute Gasteiger partial charge is 0.335 e. The van der Waals surface area contributed by atoms with E-state index in [0.29, 0.717) is 11.1 Å². The van der Waals surface area contributed by atoms with Crippen molar-refractivity contribution in [2.45, 2.75) is 51.4 Å². The third-order valence-corrected chi connectivity index (χ3v) is 12.0. The molecule has 0 saturated heterocycles. The van der Waals surface area contributed by atoms with E-state index in [1.54, 1.807) is 59.8 Å². The minimum absolute atomic E-state index is 0.302. The Hall–Kier alpha value is -7.26. The third-order valence-electron chi connectivity index (χ3n) is 12.0. The molecule has 0 aliphatic heterocycles. The standard InChI is InChI=1S/C28H28O5.C27H26O4/c1-31-23-15-19(16-24(17-23)32-2)14-22-10-9-20-11-13-26(33-3)25(27(20)22)12-6-18-4-7-21(8-5-18)28(29)30;1-30-24-15-19(16-25(17-24)31-2)14-23-13-12-21-5-3-4-20(26(21)23)9-6-18-7-10-22(11-8-18)27(28)29/h4-5,7-8,10-11,13,15-17H,6,9,12,14H2,1-3H3,(H,29,30);3-5,7-8,10-11,13,15-17H,6,9,12,14H2,1-2H3,(H,28,29). The fourth-order valence-electron chi connectivity index (χ4n) is 8.68. The van der Waals surface area contributed by atoms with Gasteiger partial charge in [-0.15, -0.1) is 0 Å². The van der Waals surface area contributed by atoms with E-state index in [0.717, 1.165) is 102 Å². The molecule has 9 nitrogen and oxygen atoms in total. The Kier molecular flexibility index (Phi) is 14.5. The number of allylic oxidation sites excluding steroid dienone is 4. The third kappa shape index (κ3) is 10.7. The molecule has 0 fully saturated rings. The molecular weight excluding hydrogens is 805 g/mol. The van der Waals surface area contributed by atoms with Crippen LogP contribution in [-0.2, 0) is 51.4 Å². The van der Waals surface area contributed by atoms with Crippen molar-refractivity contribution in [3.8, 4) is 28.7 Å². The second-order valence-corrected chi connectivity index (χ2v) is 15.9. The Bertz CT molecular complexity index is 2650. The molecule has 0 amide bonds. The average molecular weight is 859 g/mol. The lowest BCUT2D eigenvalue weighted by molar-refractivity contribution is 0.0686. The lowest BCUT2D eigenvalue weighted by Gasteiger charge is -2.17. The number of aromatic carboxylic acids is 2. The Morgan fingerprint density at radius 3 is 1.38 bits per heavy atom. The van der Waals surface area contributed by atoms with Gasteiger partial charge in [0.05, 0.1) is 46.7 Å². The molecule has 0 bridgehead atoms. The Balaban J connectivity index is 0.000000192. The van der Waals surface area contributed by atoms with E-state index < -0.39 is 11.9 Å². The number of benzene rings is 6. The van der Waals surface area contributed by atoms with Gasteiger partial charge in [0.2, 0.25) is 0 Å². The van der Waals surface area contributed by atoms with E-state index in [1.165, 1.54) is 44.5 Å². The predicted molar refractivity (Wildman–Crippen MR) is 251 cm³/mol. The monoisotopic (exact) mass is 858 g/mol. The fourth-order valence-corrected chi connectivity index (χ4v) is 8.68. The van der Waals surface area contributed by atoms with E-state index in [-0.39, 0.29) is 0 Å². The summed E-state index contributed by atoms with van der Waals surface area (Å²) in [5.41, 5.74) is 15.6. The van der Waals surface area contributed by atoms with Gasteiger partial charge in [-0.2, -0.15) is 0 Å². The van der Waals surface area contributed by atoms with Crippen molar-refractivity contribution in [2.24, 2.45) is 0 Å². The molecule has 0 spiro atoms. The van der Waals surface area contributed by atoms with Crippen LogP contribution in [0.25, 0.3) is 11.1 Å². The zero-order valence-corrected chi connectivity index (χ0v) is 37.0. The Morgan fingerprint density at radius 1 is 0.469 bits per heavy atom. The van der Waals surface area contributed by atoms with Crippen LogP contribution in [0, 0.1) is 0 Å². The summed E-state index contributed by atoms with van der Waals surface area (Å²) in [5, 5.41) is 18.2. The van der Waals surface area contributed by atoms with Gasteiger partial charge < -0.3 is 33.9 Å². The van der Waals surface area contributed by atoms with E-state index in [9.17, 15) is 9.59 Å². The van der Waals surface area contributed by atoms with Crippen LogP contribution in [0.3, 0.4) is 0 Å². The van der Waals surface area contributed by atoms with Crippen molar-refractivity contribution in [3.05, 3.63) is 194 Å². The first-order chi connectivity index (χ1) is 31.1. The molecule has 328 valence electrons. The van der Waals surface area contributed by atoms with Crippen molar-refractivity contribution in [2.75, 3.05) is 35.5 Å². The summed E-state index contributed by atoms with van der Waals surface area (Å²) >= 11 is 0. The molecule has 2 aliphatic carbocycles. The summed E-state index contributed by atoms with van der Waals surface area (Å²) in [6.45, 7) is 0. The van der Waals surface area contributed by atoms with Crippen LogP contribution in [0.4, 0.5) is 0 Å². The summed E-state index contributed by atoms with van der Waals surface area (Å²) in [7, 11) is 8.37. The SMILES string of the molecule is COc1cc(CC2=CCc3ccc(OC)c(CCc4ccc(C(=O)O)cc4)c32)cc(OC)c1.COc1cc(CC2=CCc3cccc(CCc4ccc(C(=O)O)cc4)c32)cc(OC)c1. The van der Waals surface area contributed by atoms with Gasteiger partial charge in [-0.1, -0.05) is 60.7 Å². The lowest BCUT2D eigenvalue weighted by atomic mass is 9.90. The summed E-state index contributed by atoms with van der Waals surface area (Å²) in [4.78, 5) is 22.2. The van der Waals surface area contributed by atoms with Gasteiger partial charge in [-0.05, 0) is 167 Å². The van der Waals surface area contributed by atoms with Gasteiger partial charge in [0.1, 0.15) is 28.7 Å². The minimum Gasteiger partial charge on any atom is -0.497 e. The molecule has 6 aromatic rings. The highest BCUT2D eigenvalue weighted by Gasteiger charge is 2.23. The van der Waals surface area contributed by atoms with Crippen LogP contribution >= 0.6 is 0 Å². The van der Waals surface area contributed by atoms with E-state index >= 15 is 0 Å². The molecule has 2 aliphatic rings. The topological polar surface area (TPSA) is 121 Å². The van der Waals surface area contributed by atoms with E-state index in [2.05, 4.69) is 48.6 Å². The molecule has 0 aromatic heterocycles. The van der Waals surface area contributed by atoms with Crippen LogP contribution in [0.1, 0.15) is 76.4 Å². The highest BCUT2D eigenvalue weighted by atomic mass is 16.5. The minimum atomic E-state index is -0.909. The van der Waals surface area contributed by atoms with Crippen LogP contribution in [0.5, 0.6) is 28.7 Å². The Morgan fingerprint density at radius 2 is 0.922 bits per heavy atom. The highest BCUT2D eigenvalue weighted by molar-refractivity contribution is 5.88. The van der Waals surface area contributed by atoms with Gasteiger partial charge in [-0.25, -0.2) is 9.59 Å². The van der Waals surface area contributed by atoms with Crippen molar-refractivity contribution in [3.63, 3.8) is 0 Å². The van der Waals surface area contributed by atoms with Gasteiger partial charge in [0.25, 0.3) is 0 Å². The number of carboxylic acids is 2. The number of carbonyl (C=O) groups is 2. The first-order valence-electron chi connectivity index (χ1n) is 21.4. The van der Waals surface area contributed by atoms with Crippen LogP contribution in [0.15, 0.2) is 127 Å². The number of carboxylic acid groups (broad SMARTS) is 2. The van der Waals surface area contributed by atoms with Crippen LogP contribution in [-0.4, -0.2) is 57.7 Å². The second-order valence-electron chi connectivity index (χ2n) is 15.9. The van der Waals surface area contributed by atoms with Gasteiger partial charge >= 0.3 is 11.9 Å². The maximum absolute atomic E-state index is 11.1. The summed E-state index contributed by atoms with van der Waals surface area (Å²) < 4.78 is 27.5. The van der Waals surface area contributed by atoms with Crippen molar-refractivity contribution >= 4 is 23.1 Å². The number of aryl methyl sites for hydroxylation is 3. The fraction of sp³-hybridized carbons (Fsp3) is 0.236. The largest absolute Gasteiger partial charge is 0.497 e. The first kappa shape index (κ1) is 44.8. The molecule has 0 unspecified atom stereocenters. The normalized spacial score (nSPS) is 12.2. The van der Waals surface area contributed by atoms with Crippen molar-refractivity contribution < 1.29 is 43.5 Å². The average Bonchev–Trinajstić information content (AvgIpc) is 3.94. The summed E-state index contributed by atoms with van der Waals surface area (Å²) in [5.74, 6) is 2.23. The molecule has 0 atom stereocenters. The summed E-state index contributed by atoms with van der Waals surface area (Å²) in [6.07, 6.45) is 11.4. The molecule has 6 aromatic carbocycles. The molecule has 0 saturated carbocycles. The quantitative estimate of drug-likeness (QED) is 0.0923. The zero-order valence-electron chi connectivity index (χ0n) is 37.0. The first-order valence-corrected chi connectivity index (χ1v) is 21.4. The van der Waals surface area contributed by atoms with E-state index in [1.807, 2.05) is 54.6 Å². The predicted octanol–water partition coefficient (Wildman–Crippen LogP) is 10.7. The number of hydrogen-bond donors (Lipinski definition) is 2. The molecule has 0 radical (unpaired) electrons. The number of ether oxygens (including phenoxy) is 5. The maximum atomic E-state index is 11.1. The second kappa shape index (κ2) is 20.7. The lowest BCUT2D eigenvalue weighted by Crippen LogP contribution is -2.03. The number of fused-ring (bicyclic) bond motifs is 2. The molecule has 8 rings (SSSR count). The van der Waals surface area contributed by atoms with Crippen LogP contribution < -0.4 is 23.7 Å². The van der Waals surface area contributed by atoms with Gasteiger partial charge in [0.15, 0.2) is 0 Å². The number of methoxy groups -OCH3 is 5. The molecule has 64 heavy (non-hydrogen) atoms. The summed E-state index contributed by atoms with van der Waals surface area (Å²) in [6, 6.07) is 37.0. The number of hydrogen-bond acceptors (Lipinski definition) is 7. The number of rotatable bonds is 17. The van der Waals surface area contributed by atoms with Gasteiger partial charge in [-0.3, -0.25) is 0 Å². The van der Waals surface area contributed by atoms with Crippen molar-refractivity contribution in [1.82, 2.24) is 0 Å². The van der Waals surface area contributed by atoms with Crippen molar-refractivity contribution in [1.29, 1.82) is 0 Å². The Labute approximate surface area is 375 Å². The molecule has 9 heteroatoms. The maximum Gasteiger partial charge on any atom is 0.335 e. The van der Waals surface area contributed by atoms with Gasteiger partial charge in [0, 0.05) is 17.7 Å².